The first-order valence-electron chi connectivity index (χ1n) is 4.31. The SMILES string of the molecule is Cc1cc(C)c(CS(=O)(=O)O)cc1C. The second-order valence-electron chi connectivity index (χ2n) is 3.59. The van der Waals surface area contributed by atoms with E-state index >= 15 is 0 Å². The Morgan fingerprint density at radius 3 is 2.07 bits per heavy atom. The molecular weight excluding hydrogens is 200 g/mol. The molecule has 0 saturated carbocycles. The molecule has 0 atom stereocenters. The van der Waals surface area contributed by atoms with E-state index in [9.17, 15) is 8.42 Å². The number of benzene rings is 1. The number of hydrogen-bond acceptors (Lipinski definition) is 2. The summed E-state index contributed by atoms with van der Waals surface area (Å²) < 4.78 is 30.1. The van der Waals surface area contributed by atoms with Gasteiger partial charge in [-0.25, -0.2) is 0 Å². The van der Waals surface area contributed by atoms with Gasteiger partial charge in [-0.3, -0.25) is 4.55 Å². The van der Waals surface area contributed by atoms with Crippen molar-refractivity contribution >= 4 is 10.1 Å². The minimum absolute atomic E-state index is 0.306. The normalized spacial score (nSPS) is 11.7. The third kappa shape index (κ3) is 2.82. The van der Waals surface area contributed by atoms with Crippen LogP contribution in [0.3, 0.4) is 0 Å². The monoisotopic (exact) mass is 214 g/mol. The molecule has 1 aromatic carbocycles. The molecule has 0 spiro atoms. The molecule has 0 aliphatic heterocycles. The maximum absolute atomic E-state index is 10.7. The fourth-order valence-electron chi connectivity index (χ4n) is 1.37. The van der Waals surface area contributed by atoms with Crippen molar-refractivity contribution in [1.82, 2.24) is 0 Å². The average molecular weight is 214 g/mol. The first-order valence-corrected chi connectivity index (χ1v) is 5.92. The smallest absolute Gasteiger partial charge is 0.269 e. The minimum atomic E-state index is -3.93. The van der Waals surface area contributed by atoms with Crippen LogP contribution in [-0.2, 0) is 15.9 Å². The summed E-state index contributed by atoms with van der Waals surface area (Å²) in [6.07, 6.45) is 0. The van der Waals surface area contributed by atoms with Crippen molar-refractivity contribution in [2.24, 2.45) is 0 Å². The van der Waals surface area contributed by atoms with Crippen LogP contribution in [-0.4, -0.2) is 13.0 Å². The summed E-state index contributed by atoms with van der Waals surface area (Å²) >= 11 is 0. The van der Waals surface area contributed by atoms with E-state index in [4.69, 9.17) is 4.55 Å². The molecule has 1 aromatic rings. The molecule has 0 fully saturated rings. The molecule has 0 aromatic heterocycles. The molecule has 0 saturated heterocycles. The van der Waals surface area contributed by atoms with E-state index in [0.717, 1.165) is 16.7 Å². The largest absolute Gasteiger partial charge is 0.285 e. The second kappa shape index (κ2) is 3.71. The molecule has 1 rings (SSSR count). The van der Waals surface area contributed by atoms with Crippen molar-refractivity contribution in [3.8, 4) is 0 Å². The van der Waals surface area contributed by atoms with Crippen LogP contribution in [0.25, 0.3) is 0 Å². The van der Waals surface area contributed by atoms with Gasteiger partial charge in [-0.15, -0.1) is 0 Å². The summed E-state index contributed by atoms with van der Waals surface area (Å²) in [6.45, 7) is 5.73. The molecule has 3 nitrogen and oxygen atoms in total. The summed E-state index contributed by atoms with van der Waals surface area (Å²) in [7, 11) is -3.93. The van der Waals surface area contributed by atoms with Crippen LogP contribution < -0.4 is 0 Å². The summed E-state index contributed by atoms with van der Waals surface area (Å²) in [5, 5.41) is 0. The summed E-state index contributed by atoms with van der Waals surface area (Å²) in [6, 6.07) is 3.73. The molecule has 0 bridgehead atoms. The van der Waals surface area contributed by atoms with Gasteiger partial charge >= 0.3 is 0 Å². The number of rotatable bonds is 2. The molecule has 0 amide bonds. The van der Waals surface area contributed by atoms with Crippen LogP contribution in [0.15, 0.2) is 12.1 Å². The highest BCUT2D eigenvalue weighted by atomic mass is 32.2. The Labute approximate surface area is 84.5 Å². The predicted octanol–water partition coefficient (Wildman–Crippen LogP) is 2.00. The van der Waals surface area contributed by atoms with Crippen LogP contribution in [0.2, 0.25) is 0 Å². The van der Waals surface area contributed by atoms with E-state index in [1.807, 2.05) is 26.8 Å². The van der Waals surface area contributed by atoms with Crippen LogP contribution in [0.5, 0.6) is 0 Å². The molecule has 0 unspecified atom stereocenters. The molecule has 0 radical (unpaired) electrons. The molecule has 78 valence electrons. The van der Waals surface area contributed by atoms with Crippen LogP contribution in [0.4, 0.5) is 0 Å². The third-order valence-corrected chi connectivity index (χ3v) is 2.97. The van der Waals surface area contributed by atoms with Gasteiger partial charge in [0, 0.05) is 0 Å². The Bertz CT molecular complexity index is 447. The molecular formula is C10H14O3S. The van der Waals surface area contributed by atoms with Crippen molar-refractivity contribution in [3.05, 3.63) is 34.4 Å². The minimum Gasteiger partial charge on any atom is -0.285 e. The maximum atomic E-state index is 10.7. The molecule has 14 heavy (non-hydrogen) atoms. The van der Waals surface area contributed by atoms with Gasteiger partial charge in [-0.05, 0) is 43.0 Å². The second-order valence-corrected chi connectivity index (χ2v) is 5.04. The van der Waals surface area contributed by atoms with Crippen LogP contribution in [0.1, 0.15) is 22.3 Å². The predicted molar refractivity (Wildman–Crippen MR) is 55.9 cm³/mol. The van der Waals surface area contributed by atoms with Crippen molar-refractivity contribution in [1.29, 1.82) is 0 Å². The lowest BCUT2D eigenvalue weighted by Crippen LogP contribution is -2.04. The molecule has 4 heteroatoms. The Morgan fingerprint density at radius 1 is 1.07 bits per heavy atom. The van der Waals surface area contributed by atoms with Crippen LogP contribution in [0, 0.1) is 20.8 Å². The molecule has 0 aliphatic rings. The third-order valence-electron chi connectivity index (χ3n) is 2.29. The van der Waals surface area contributed by atoms with Gasteiger partial charge in [-0.1, -0.05) is 12.1 Å². The maximum Gasteiger partial charge on any atom is 0.269 e. The highest BCUT2D eigenvalue weighted by Crippen LogP contribution is 2.17. The zero-order valence-corrected chi connectivity index (χ0v) is 9.35. The van der Waals surface area contributed by atoms with Gasteiger partial charge in [0.25, 0.3) is 10.1 Å². The highest BCUT2D eigenvalue weighted by molar-refractivity contribution is 7.85. The van der Waals surface area contributed by atoms with E-state index in [0.29, 0.717) is 5.56 Å². The fourth-order valence-corrected chi connectivity index (χ4v) is 2.08. The van der Waals surface area contributed by atoms with Gasteiger partial charge in [0.2, 0.25) is 0 Å². The van der Waals surface area contributed by atoms with E-state index in [2.05, 4.69) is 0 Å². The summed E-state index contributed by atoms with van der Waals surface area (Å²) in [4.78, 5) is 0. The van der Waals surface area contributed by atoms with E-state index in [1.165, 1.54) is 0 Å². The van der Waals surface area contributed by atoms with Gasteiger partial charge in [0.15, 0.2) is 0 Å². The van der Waals surface area contributed by atoms with Crippen molar-refractivity contribution in [3.63, 3.8) is 0 Å². The lowest BCUT2D eigenvalue weighted by Gasteiger charge is -2.07. The standard InChI is InChI=1S/C10H14O3S/c1-7-4-9(3)10(5-8(7)2)6-14(11,12)13/h4-5H,6H2,1-3H3,(H,11,12,13). The van der Waals surface area contributed by atoms with Gasteiger partial charge < -0.3 is 0 Å². The first-order chi connectivity index (χ1) is 6.29. The van der Waals surface area contributed by atoms with Crippen molar-refractivity contribution in [2.75, 3.05) is 0 Å². The first kappa shape index (κ1) is 11.2. The Hall–Kier alpha value is -0.870. The zero-order chi connectivity index (χ0) is 10.9. The Kier molecular flexibility index (Phi) is 2.97. The Morgan fingerprint density at radius 2 is 1.57 bits per heavy atom. The molecule has 0 aliphatic carbocycles. The van der Waals surface area contributed by atoms with E-state index < -0.39 is 10.1 Å². The molecule has 0 heterocycles. The fraction of sp³-hybridized carbons (Fsp3) is 0.400. The Balaban J connectivity index is 3.17. The summed E-state index contributed by atoms with van der Waals surface area (Å²) in [5.41, 5.74) is 3.72. The average Bonchev–Trinajstić information content (AvgIpc) is 1.97. The summed E-state index contributed by atoms with van der Waals surface area (Å²) in [5.74, 6) is -0.306. The van der Waals surface area contributed by atoms with E-state index in [-0.39, 0.29) is 5.75 Å². The van der Waals surface area contributed by atoms with Crippen molar-refractivity contribution < 1.29 is 13.0 Å². The quantitative estimate of drug-likeness (QED) is 0.766. The lowest BCUT2D eigenvalue weighted by molar-refractivity contribution is 0.482. The highest BCUT2D eigenvalue weighted by Gasteiger charge is 2.09. The van der Waals surface area contributed by atoms with Crippen LogP contribution >= 0.6 is 0 Å². The van der Waals surface area contributed by atoms with Gasteiger partial charge in [0.05, 0.1) is 0 Å². The topological polar surface area (TPSA) is 54.4 Å². The number of hydrogen-bond donors (Lipinski definition) is 1. The molecule has 1 N–H and O–H groups in total. The van der Waals surface area contributed by atoms with Gasteiger partial charge in [-0.2, -0.15) is 8.42 Å². The lowest BCUT2D eigenvalue weighted by atomic mass is 10.0. The number of aryl methyl sites for hydroxylation is 3. The van der Waals surface area contributed by atoms with Crippen molar-refractivity contribution in [2.45, 2.75) is 26.5 Å². The zero-order valence-electron chi connectivity index (χ0n) is 8.53. The van der Waals surface area contributed by atoms with Gasteiger partial charge in [0.1, 0.15) is 5.75 Å². The van der Waals surface area contributed by atoms with E-state index in [1.54, 1.807) is 6.07 Å².